The lowest BCUT2D eigenvalue weighted by molar-refractivity contribution is -0.150. The molecule has 0 aliphatic heterocycles. The smallest absolute Gasteiger partial charge is 0.420 e. The zero-order valence-corrected chi connectivity index (χ0v) is 17.5. The average molecular weight is 456 g/mol. The highest BCUT2D eigenvalue weighted by atomic mass is 35.5. The molecule has 0 aliphatic carbocycles. The maximum Gasteiger partial charge on any atom is 0.420 e. The van der Waals surface area contributed by atoms with Crippen LogP contribution in [0.1, 0.15) is 31.9 Å². The van der Waals surface area contributed by atoms with Gasteiger partial charge >= 0.3 is 11.7 Å². The molecule has 12 heteroatoms. The Kier molecular flexibility index (Phi) is 6.70. The molecule has 0 radical (unpaired) electrons. The Hall–Kier alpha value is -2.86. The predicted octanol–water partition coefficient (Wildman–Crippen LogP) is 1.16. The number of rotatable bonds is 9. The lowest BCUT2D eigenvalue weighted by Crippen LogP contribution is -2.52. The molecule has 4 N–H and O–H groups in total. The fourth-order valence-electron chi connectivity index (χ4n) is 2.75. The van der Waals surface area contributed by atoms with E-state index >= 15 is 0 Å². The van der Waals surface area contributed by atoms with Crippen molar-refractivity contribution in [3.63, 3.8) is 0 Å². The number of esters is 1. The van der Waals surface area contributed by atoms with Gasteiger partial charge in [0.1, 0.15) is 24.7 Å². The lowest BCUT2D eigenvalue weighted by Gasteiger charge is -2.24. The Labute approximate surface area is 180 Å². The number of hydrogen-bond donors (Lipinski definition) is 3. The molecule has 0 fully saturated rings. The highest BCUT2D eigenvalue weighted by Crippen LogP contribution is 2.33. The summed E-state index contributed by atoms with van der Waals surface area (Å²) in [7, 11) is 0. The normalized spacial score (nSPS) is 13.9. The van der Waals surface area contributed by atoms with Crippen molar-refractivity contribution in [2.75, 3.05) is 19.8 Å². The van der Waals surface area contributed by atoms with Crippen LogP contribution in [0.15, 0.2) is 38.2 Å². The third-order valence-corrected chi connectivity index (χ3v) is 4.93. The van der Waals surface area contributed by atoms with Crippen molar-refractivity contribution in [2.24, 2.45) is 5.73 Å². The summed E-state index contributed by atoms with van der Waals surface area (Å²) >= 11 is 6.31. The van der Waals surface area contributed by atoms with E-state index in [9.17, 15) is 19.8 Å². The van der Waals surface area contributed by atoms with Crippen LogP contribution in [-0.2, 0) is 9.53 Å². The van der Waals surface area contributed by atoms with E-state index in [0.717, 1.165) is 4.57 Å². The number of aliphatic hydroxyl groups excluding tert-OH is 2. The van der Waals surface area contributed by atoms with Crippen LogP contribution in [0, 0.1) is 0 Å². The first-order valence-electron chi connectivity index (χ1n) is 9.27. The fourth-order valence-corrected chi connectivity index (χ4v) is 2.95. The van der Waals surface area contributed by atoms with Gasteiger partial charge in [-0.25, -0.2) is 14.6 Å². The van der Waals surface area contributed by atoms with E-state index in [1.54, 1.807) is 6.92 Å². The Bertz CT molecular complexity index is 1100. The molecule has 0 aliphatic rings. The third kappa shape index (κ3) is 4.74. The van der Waals surface area contributed by atoms with Crippen LogP contribution >= 0.6 is 11.6 Å². The average Bonchev–Trinajstić information content (AvgIpc) is 3.39. The first-order chi connectivity index (χ1) is 14.7. The Morgan fingerprint density at radius 3 is 2.68 bits per heavy atom. The first kappa shape index (κ1) is 22.8. The van der Waals surface area contributed by atoms with Gasteiger partial charge in [0.15, 0.2) is 11.7 Å². The second-order valence-corrected chi connectivity index (χ2v) is 7.49. The number of fused-ring (bicyclic) bond motifs is 1. The topological polar surface area (TPSA) is 163 Å². The van der Waals surface area contributed by atoms with Crippen LogP contribution in [0.4, 0.5) is 0 Å². The minimum absolute atomic E-state index is 0.141. The monoisotopic (exact) mass is 455 g/mol. The summed E-state index contributed by atoms with van der Waals surface area (Å²) in [6, 6.07) is 1.76. The van der Waals surface area contributed by atoms with Gasteiger partial charge in [0.2, 0.25) is 5.89 Å². The molecule has 2 heterocycles. The molecule has 3 aromatic rings. The summed E-state index contributed by atoms with van der Waals surface area (Å²) in [6.45, 7) is 1.51. The molecule has 2 unspecified atom stereocenters. The molecule has 0 saturated carbocycles. The number of carbonyl (C=O) groups excluding carboxylic acids is 1. The minimum Gasteiger partial charge on any atom is -0.479 e. The first-order valence-corrected chi connectivity index (χ1v) is 9.64. The molecule has 168 valence electrons. The number of carbonyl (C=O) groups is 1. The fraction of sp³-hybridized carbons (Fsp3) is 0.421. The molecule has 1 aromatic carbocycles. The van der Waals surface area contributed by atoms with Gasteiger partial charge in [-0.15, -0.1) is 0 Å². The molecule has 2 atom stereocenters. The van der Waals surface area contributed by atoms with Gasteiger partial charge in [-0.2, -0.15) is 0 Å². The number of aromatic nitrogens is 2. The summed E-state index contributed by atoms with van der Waals surface area (Å²) in [4.78, 5) is 28.8. The molecular formula is C19H22ClN3O8. The van der Waals surface area contributed by atoms with Crippen LogP contribution in [0.5, 0.6) is 5.75 Å². The van der Waals surface area contributed by atoms with Crippen molar-refractivity contribution in [3.8, 4) is 5.75 Å². The molecule has 3 rings (SSSR count). The van der Waals surface area contributed by atoms with E-state index in [2.05, 4.69) is 4.98 Å². The molecule has 0 amide bonds. The molecule has 0 bridgehead atoms. The number of benzene rings is 1. The Morgan fingerprint density at radius 1 is 1.35 bits per heavy atom. The lowest BCUT2D eigenvalue weighted by atomic mass is 10.1. The number of oxazole rings is 2. The second kappa shape index (κ2) is 9.10. The highest BCUT2D eigenvalue weighted by molar-refractivity contribution is 6.32. The summed E-state index contributed by atoms with van der Waals surface area (Å²) in [5.41, 5.74) is 4.59. The van der Waals surface area contributed by atoms with Crippen LogP contribution in [0.2, 0.25) is 5.02 Å². The van der Waals surface area contributed by atoms with E-state index in [-0.39, 0.29) is 21.9 Å². The second-order valence-electron chi connectivity index (χ2n) is 7.08. The van der Waals surface area contributed by atoms with E-state index in [1.807, 2.05) is 0 Å². The quantitative estimate of drug-likeness (QED) is 0.399. The van der Waals surface area contributed by atoms with Crippen molar-refractivity contribution >= 4 is 28.7 Å². The number of hydrogen-bond acceptors (Lipinski definition) is 10. The van der Waals surface area contributed by atoms with Gasteiger partial charge in [0.05, 0.1) is 35.5 Å². The van der Waals surface area contributed by atoms with E-state index < -0.39 is 49.2 Å². The van der Waals surface area contributed by atoms with Gasteiger partial charge < -0.3 is 34.3 Å². The number of nitrogens with zero attached hydrogens (tertiary/aromatic N) is 2. The van der Waals surface area contributed by atoms with Crippen LogP contribution in [-0.4, -0.2) is 51.1 Å². The summed E-state index contributed by atoms with van der Waals surface area (Å²) in [6.07, 6.45) is 2.34. The van der Waals surface area contributed by atoms with Crippen molar-refractivity contribution in [2.45, 2.75) is 31.5 Å². The molecule has 31 heavy (non-hydrogen) atoms. The maximum atomic E-state index is 12.4. The van der Waals surface area contributed by atoms with Crippen molar-refractivity contribution in [1.29, 1.82) is 0 Å². The van der Waals surface area contributed by atoms with E-state index in [0.29, 0.717) is 5.89 Å². The van der Waals surface area contributed by atoms with Crippen LogP contribution < -0.4 is 16.2 Å². The van der Waals surface area contributed by atoms with Gasteiger partial charge in [-0.3, -0.25) is 4.57 Å². The number of ether oxygens (including phenoxy) is 2. The van der Waals surface area contributed by atoms with Crippen molar-refractivity contribution in [1.82, 2.24) is 9.55 Å². The number of halogens is 1. The summed E-state index contributed by atoms with van der Waals surface area (Å²) < 4.78 is 22.3. The van der Waals surface area contributed by atoms with E-state index in [1.165, 1.54) is 31.5 Å². The molecule has 0 saturated heterocycles. The highest BCUT2D eigenvalue weighted by Gasteiger charge is 2.29. The van der Waals surface area contributed by atoms with Gasteiger partial charge in [-0.1, -0.05) is 11.6 Å². The van der Waals surface area contributed by atoms with Crippen LogP contribution in [0.3, 0.4) is 0 Å². The largest absolute Gasteiger partial charge is 0.479 e. The van der Waals surface area contributed by atoms with Gasteiger partial charge in [-0.05, 0) is 19.9 Å². The summed E-state index contributed by atoms with van der Waals surface area (Å²) in [5, 5.41) is 18.6. The van der Waals surface area contributed by atoms with Crippen molar-refractivity contribution < 1.29 is 33.3 Å². The van der Waals surface area contributed by atoms with Gasteiger partial charge in [0.25, 0.3) is 0 Å². The van der Waals surface area contributed by atoms with Crippen molar-refractivity contribution in [3.05, 3.63) is 46.1 Å². The van der Waals surface area contributed by atoms with Crippen LogP contribution in [0.25, 0.3) is 11.1 Å². The third-order valence-electron chi connectivity index (χ3n) is 4.63. The summed E-state index contributed by atoms with van der Waals surface area (Å²) in [5.74, 6) is -1.05. The Morgan fingerprint density at radius 2 is 2.06 bits per heavy atom. The molecule has 2 aromatic heterocycles. The zero-order valence-electron chi connectivity index (χ0n) is 16.8. The standard InChI is InChI=1S/C19H22ClN3O8/c1-10(17(26)29-9-19(21,7-24)8-25)23-13-5-12(20)14(6-15(13)31-18(23)27)30-11(2)16-22-3-4-28-16/h3-6,10-11,24-25H,7-9,21H2,1-2H3. The minimum atomic E-state index is -1.49. The SMILES string of the molecule is CC(Oc1cc2oc(=O)n(C(C)C(=O)OCC(N)(CO)CO)c2cc1Cl)c1ncco1. The molecule has 0 spiro atoms. The maximum absolute atomic E-state index is 12.4. The van der Waals surface area contributed by atoms with Gasteiger partial charge in [0, 0.05) is 6.07 Å². The number of nitrogens with two attached hydrogens (primary N) is 1. The molecular weight excluding hydrogens is 434 g/mol. The zero-order chi connectivity index (χ0) is 22.8. The predicted molar refractivity (Wildman–Crippen MR) is 108 cm³/mol. The Balaban J connectivity index is 1.85. The number of aliphatic hydroxyl groups is 2. The van der Waals surface area contributed by atoms with E-state index in [4.69, 9.17) is 35.6 Å². The molecule has 11 nitrogen and oxygen atoms in total.